The first-order chi connectivity index (χ1) is 15.4. The second-order valence-corrected chi connectivity index (χ2v) is 9.80. The number of allylic oxidation sites excluding steroid dienone is 1. The van der Waals surface area contributed by atoms with Gasteiger partial charge in [0, 0.05) is 30.7 Å². The Morgan fingerprint density at radius 3 is 2.56 bits per heavy atom. The van der Waals surface area contributed by atoms with Gasteiger partial charge < -0.3 is 5.32 Å². The van der Waals surface area contributed by atoms with Crippen molar-refractivity contribution in [1.82, 2.24) is 4.90 Å². The van der Waals surface area contributed by atoms with E-state index in [2.05, 4.69) is 121 Å². The van der Waals surface area contributed by atoms with E-state index in [9.17, 15) is 0 Å². The number of hydrogen-bond acceptors (Lipinski definition) is 3. The SMILES string of the molecule is CCN(CC=CC#CC(C)(C)C)Cc1cccc(NCc2cccc(-c3ccsc3)c2)c1. The van der Waals surface area contributed by atoms with Crippen molar-refractivity contribution in [1.29, 1.82) is 0 Å². The lowest BCUT2D eigenvalue weighted by Crippen LogP contribution is -2.22. The highest BCUT2D eigenvalue weighted by Crippen LogP contribution is 2.23. The van der Waals surface area contributed by atoms with Crippen molar-refractivity contribution in [2.75, 3.05) is 18.4 Å². The second kappa shape index (κ2) is 11.7. The number of thiophene rings is 1. The fourth-order valence-corrected chi connectivity index (χ4v) is 4.02. The van der Waals surface area contributed by atoms with Gasteiger partial charge in [-0.2, -0.15) is 11.3 Å². The predicted octanol–water partition coefficient (Wildman–Crippen LogP) is 7.45. The minimum absolute atomic E-state index is 0.0490. The van der Waals surface area contributed by atoms with E-state index in [-0.39, 0.29) is 5.41 Å². The number of rotatable bonds is 9. The van der Waals surface area contributed by atoms with Crippen molar-refractivity contribution >= 4 is 17.0 Å². The van der Waals surface area contributed by atoms with Gasteiger partial charge in [-0.3, -0.25) is 4.90 Å². The number of hydrogen-bond donors (Lipinski definition) is 1. The summed E-state index contributed by atoms with van der Waals surface area (Å²) in [6.07, 6.45) is 4.14. The van der Waals surface area contributed by atoms with Crippen LogP contribution < -0.4 is 5.32 Å². The molecule has 0 unspecified atom stereocenters. The van der Waals surface area contributed by atoms with E-state index in [1.165, 1.54) is 22.3 Å². The number of nitrogens with zero attached hydrogens (tertiary/aromatic N) is 1. The number of benzene rings is 2. The molecule has 32 heavy (non-hydrogen) atoms. The summed E-state index contributed by atoms with van der Waals surface area (Å²) in [5, 5.41) is 7.91. The van der Waals surface area contributed by atoms with Crippen molar-refractivity contribution in [3.05, 3.63) is 88.6 Å². The molecule has 0 aliphatic heterocycles. The summed E-state index contributed by atoms with van der Waals surface area (Å²) in [6.45, 7) is 12.3. The molecule has 0 radical (unpaired) electrons. The van der Waals surface area contributed by atoms with Crippen LogP contribution in [0.3, 0.4) is 0 Å². The molecule has 0 amide bonds. The van der Waals surface area contributed by atoms with Gasteiger partial charge in [0.2, 0.25) is 0 Å². The minimum Gasteiger partial charge on any atom is -0.381 e. The maximum Gasteiger partial charge on any atom is 0.0401 e. The quantitative estimate of drug-likeness (QED) is 0.346. The van der Waals surface area contributed by atoms with E-state index in [1.807, 2.05) is 6.08 Å². The van der Waals surface area contributed by atoms with Crippen molar-refractivity contribution in [3.8, 4) is 23.0 Å². The molecule has 3 aromatic rings. The van der Waals surface area contributed by atoms with Gasteiger partial charge in [0.25, 0.3) is 0 Å². The van der Waals surface area contributed by atoms with Crippen LogP contribution in [0.1, 0.15) is 38.8 Å². The Bertz CT molecular complexity index is 1060. The lowest BCUT2D eigenvalue weighted by molar-refractivity contribution is 0.311. The average Bonchev–Trinajstić information content (AvgIpc) is 3.31. The molecular weight excluding hydrogens is 408 g/mol. The van der Waals surface area contributed by atoms with Gasteiger partial charge >= 0.3 is 0 Å². The summed E-state index contributed by atoms with van der Waals surface area (Å²) in [5.41, 5.74) is 6.38. The fourth-order valence-electron chi connectivity index (χ4n) is 3.36. The van der Waals surface area contributed by atoms with Gasteiger partial charge in [0.15, 0.2) is 0 Å². The zero-order valence-electron chi connectivity index (χ0n) is 19.7. The summed E-state index contributed by atoms with van der Waals surface area (Å²) in [6, 6.07) is 19.7. The molecule has 2 aromatic carbocycles. The topological polar surface area (TPSA) is 15.3 Å². The first kappa shape index (κ1) is 23.9. The van der Waals surface area contributed by atoms with E-state index in [0.29, 0.717) is 0 Å². The van der Waals surface area contributed by atoms with Crippen LogP contribution in [-0.2, 0) is 13.1 Å². The van der Waals surface area contributed by atoms with Gasteiger partial charge in [-0.1, -0.05) is 55.2 Å². The first-order valence-electron chi connectivity index (χ1n) is 11.3. The predicted molar refractivity (Wildman–Crippen MR) is 141 cm³/mol. The molecule has 2 nitrogen and oxygen atoms in total. The Labute approximate surface area is 198 Å². The molecule has 1 heterocycles. The van der Waals surface area contributed by atoms with E-state index in [1.54, 1.807) is 11.3 Å². The summed E-state index contributed by atoms with van der Waals surface area (Å²) in [4.78, 5) is 2.42. The smallest absolute Gasteiger partial charge is 0.0401 e. The Morgan fingerprint density at radius 1 is 1.00 bits per heavy atom. The van der Waals surface area contributed by atoms with Crippen molar-refractivity contribution < 1.29 is 0 Å². The molecule has 166 valence electrons. The van der Waals surface area contributed by atoms with E-state index in [4.69, 9.17) is 0 Å². The van der Waals surface area contributed by atoms with Crippen LogP contribution >= 0.6 is 11.3 Å². The molecule has 1 aromatic heterocycles. The van der Waals surface area contributed by atoms with Gasteiger partial charge in [0.05, 0.1) is 0 Å². The summed E-state index contributed by atoms with van der Waals surface area (Å²) < 4.78 is 0. The number of nitrogens with one attached hydrogen (secondary N) is 1. The van der Waals surface area contributed by atoms with Crippen LogP contribution in [0.2, 0.25) is 0 Å². The lowest BCUT2D eigenvalue weighted by Gasteiger charge is -2.19. The molecule has 0 saturated carbocycles. The molecule has 0 saturated heterocycles. The fraction of sp³-hybridized carbons (Fsp3) is 0.310. The monoisotopic (exact) mass is 442 g/mol. The Hall–Kier alpha value is -2.80. The maximum absolute atomic E-state index is 3.59. The molecule has 0 fully saturated rings. The molecule has 0 aliphatic rings. The molecule has 0 spiro atoms. The lowest BCUT2D eigenvalue weighted by atomic mass is 9.98. The zero-order valence-corrected chi connectivity index (χ0v) is 20.5. The average molecular weight is 443 g/mol. The Kier molecular flexibility index (Phi) is 8.73. The van der Waals surface area contributed by atoms with E-state index in [0.717, 1.165) is 31.9 Å². The van der Waals surface area contributed by atoms with Crippen LogP contribution in [-0.4, -0.2) is 18.0 Å². The maximum atomic E-state index is 3.59. The molecule has 0 bridgehead atoms. The summed E-state index contributed by atoms with van der Waals surface area (Å²) >= 11 is 1.74. The Balaban J connectivity index is 1.56. The standard InChI is InChI=1S/C29H34N2S/c1-5-31(17-8-6-7-16-29(2,3)4)22-25-12-10-14-28(20-25)30-21-24-11-9-13-26(19-24)27-15-18-32-23-27/h6,8-15,18-20,23,30H,5,17,21-22H2,1-4H3. The normalized spacial score (nSPS) is 11.5. The highest BCUT2D eigenvalue weighted by Gasteiger charge is 2.05. The third kappa shape index (κ3) is 8.04. The van der Waals surface area contributed by atoms with Gasteiger partial charge in [-0.25, -0.2) is 0 Å². The second-order valence-electron chi connectivity index (χ2n) is 9.02. The molecule has 1 N–H and O–H groups in total. The van der Waals surface area contributed by atoms with Gasteiger partial charge in [-0.15, -0.1) is 0 Å². The van der Waals surface area contributed by atoms with Crippen molar-refractivity contribution in [2.45, 2.75) is 40.8 Å². The third-order valence-electron chi connectivity index (χ3n) is 5.07. The third-order valence-corrected chi connectivity index (χ3v) is 5.75. The molecule has 0 aliphatic carbocycles. The van der Waals surface area contributed by atoms with Crippen LogP contribution in [0.25, 0.3) is 11.1 Å². The van der Waals surface area contributed by atoms with Crippen molar-refractivity contribution in [3.63, 3.8) is 0 Å². The number of likely N-dealkylation sites (N-methyl/N-ethyl adjacent to an activating group) is 1. The first-order valence-corrected chi connectivity index (χ1v) is 12.2. The largest absolute Gasteiger partial charge is 0.381 e. The van der Waals surface area contributed by atoms with Crippen LogP contribution in [0.5, 0.6) is 0 Å². The highest BCUT2D eigenvalue weighted by molar-refractivity contribution is 7.08. The van der Waals surface area contributed by atoms with Crippen LogP contribution in [0.15, 0.2) is 77.5 Å². The van der Waals surface area contributed by atoms with E-state index >= 15 is 0 Å². The Morgan fingerprint density at radius 2 is 1.81 bits per heavy atom. The molecule has 0 atom stereocenters. The van der Waals surface area contributed by atoms with Crippen LogP contribution in [0.4, 0.5) is 5.69 Å². The molecule has 3 rings (SSSR count). The summed E-state index contributed by atoms with van der Waals surface area (Å²) in [5.74, 6) is 6.40. The molecular formula is C29H34N2S. The number of anilines is 1. The van der Waals surface area contributed by atoms with Crippen molar-refractivity contribution in [2.24, 2.45) is 5.41 Å². The zero-order chi connectivity index (χ0) is 22.8. The minimum atomic E-state index is 0.0490. The molecule has 3 heteroatoms. The summed E-state index contributed by atoms with van der Waals surface area (Å²) in [7, 11) is 0. The van der Waals surface area contributed by atoms with E-state index < -0.39 is 0 Å². The van der Waals surface area contributed by atoms with Crippen LogP contribution in [0, 0.1) is 17.3 Å². The highest BCUT2D eigenvalue weighted by atomic mass is 32.1. The van der Waals surface area contributed by atoms with Gasteiger partial charge in [0.1, 0.15) is 0 Å². The van der Waals surface area contributed by atoms with Gasteiger partial charge in [-0.05, 0) is 90.7 Å².